The zero-order valence-corrected chi connectivity index (χ0v) is 19.4. The molecule has 0 bridgehead atoms. The summed E-state index contributed by atoms with van der Waals surface area (Å²) in [5.41, 5.74) is -2.80. The van der Waals surface area contributed by atoms with Crippen molar-refractivity contribution >= 4 is 15.5 Å². The molecule has 0 radical (unpaired) electrons. The molecule has 0 heterocycles. The Morgan fingerprint density at radius 2 is 1.35 bits per heavy atom. The molecule has 5 nitrogen and oxygen atoms in total. The molecular weight excluding hydrogens is 505 g/mol. The molecule has 132 valence electrons. The maximum absolute atomic E-state index is 12.7. The van der Waals surface area contributed by atoms with Crippen molar-refractivity contribution in [1.82, 2.24) is 4.49 Å². The van der Waals surface area contributed by atoms with Gasteiger partial charge in [-0.1, -0.05) is 0 Å². The van der Waals surface area contributed by atoms with Crippen molar-refractivity contribution in [3.8, 4) is 0 Å². The van der Waals surface area contributed by atoms with Crippen molar-refractivity contribution in [2.45, 2.75) is 64.6 Å². The van der Waals surface area contributed by atoms with E-state index in [2.05, 4.69) is 4.49 Å². The summed E-state index contributed by atoms with van der Waals surface area (Å²) < 4.78 is 40.1. The molecule has 0 aliphatic carbocycles. The van der Waals surface area contributed by atoms with E-state index < -0.39 is 26.7 Å². The Balaban J connectivity index is 3.18. The van der Waals surface area contributed by atoms with E-state index in [0.29, 0.717) is 0 Å². The van der Waals surface area contributed by atoms with Crippen molar-refractivity contribution in [2.75, 3.05) is 0 Å². The van der Waals surface area contributed by atoms with Gasteiger partial charge in [0.05, 0.1) is 0 Å². The first-order chi connectivity index (χ1) is 10.1. The molecule has 0 aliphatic rings. The molecule has 0 atom stereocenters. The average Bonchev–Trinajstić information content (AvgIpc) is 2.21. The van der Waals surface area contributed by atoms with Gasteiger partial charge in [0.1, 0.15) is 0 Å². The number of hydrogen-bond acceptors (Lipinski definition) is 4. The monoisotopic (exact) mass is 531 g/mol. The van der Waals surface area contributed by atoms with Crippen LogP contribution in [0.1, 0.15) is 47.1 Å². The van der Waals surface area contributed by atoms with Crippen LogP contribution in [0.2, 0.25) is 0 Å². The minimum absolute atomic E-state index is 0.212. The molecule has 0 saturated heterocycles. The van der Waals surface area contributed by atoms with Gasteiger partial charge in [0.15, 0.2) is 0 Å². The van der Waals surface area contributed by atoms with E-state index in [-0.39, 0.29) is 4.90 Å². The van der Waals surface area contributed by atoms with E-state index in [9.17, 15) is 8.42 Å². The van der Waals surface area contributed by atoms with Gasteiger partial charge >= 0.3 is 151 Å². The molecule has 0 fully saturated rings. The van der Waals surface area contributed by atoms with E-state index in [1.54, 1.807) is 24.3 Å². The summed E-state index contributed by atoms with van der Waals surface area (Å²) in [5.74, 6) is 0. The second-order valence-corrected chi connectivity index (χ2v) is 16.1. The number of sulfonamides is 1. The van der Waals surface area contributed by atoms with Crippen LogP contribution in [0.3, 0.4) is 0 Å². The van der Waals surface area contributed by atoms with Crippen LogP contribution in [0.25, 0.3) is 0 Å². The SMILES string of the molecule is Cc1ccc(S(=O)(=O)N[P](=[W])(OC(C)(C)C)OC(C)(C)C)cc1. The first-order valence-electron chi connectivity index (χ1n) is 7.24. The summed E-state index contributed by atoms with van der Waals surface area (Å²) in [5, 5.41) is 0. The quantitative estimate of drug-likeness (QED) is 0.581. The van der Waals surface area contributed by atoms with E-state index >= 15 is 0 Å². The Kier molecular flexibility index (Phi) is 6.63. The van der Waals surface area contributed by atoms with Crippen molar-refractivity contribution in [2.24, 2.45) is 0 Å². The first kappa shape index (κ1) is 21.2. The second-order valence-electron chi connectivity index (χ2n) is 7.31. The van der Waals surface area contributed by atoms with Gasteiger partial charge in [-0.15, -0.1) is 0 Å². The van der Waals surface area contributed by atoms with Gasteiger partial charge in [-0.05, 0) is 0 Å². The van der Waals surface area contributed by atoms with Crippen LogP contribution in [0.4, 0.5) is 0 Å². The van der Waals surface area contributed by atoms with E-state index in [1.165, 1.54) is 0 Å². The Morgan fingerprint density at radius 1 is 0.957 bits per heavy atom. The predicted octanol–water partition coefficient (Wildman–Crippen LogP) is 4.13. The van der Waals surface area contributed by atoms with Crippen LogP contribution in [-0.4, -0.2) is 19.6 Å². The van der Waals surface area contributed by atoms with Crippen LogP contribution in [0.15, 0.2) is 29.2 Å². The summed E-state index contributed by atoms with van der Waals surface area (Å²) in [4.78, 5) is 0.212. The maximum atomic E-state index is 12.7. The van der Waals surface area contributed by atoms with Gasteiger partial charge in [-0.25, -0.2) is 0 Å². The van der Waals surface area contributed by atoms with Crippen molar-refractivity contribution in [3.05, 3.63) is 29.8 Å². The molecule has 1 aromatic rings. The van der Waals surface area contributed by atoms with Crippen molar-refractivity contribution in [3.63, 3.8) is 0 Å². The third-order valence-corrected chi connectivity index (χ3v) is 10.7. The molecule has 1 rings (SSSR count). The minimum atomic E-state index is -3.71. The van der Waals surface area contributed by atoms with Gasteiger partial charge in [-0.2, -0.15) is 0 Å². The molecule has 1 aromatic carbocycles. The zero-order chi connectivity index (χ0) is 18.1. The summed E-state index contributed by atoms with van der Waals surface area (Å²) >= 11 is 0.938. The number of nitrogens with one attached hydrogen (secondary N) is 1. The summed E-state index contributed by atoms with van der Waals surface area (Å²) in [6.45, 7) is 13.2. The van der Waals surface area contributed by atoms with Crippen LogP contribution in [-0.2, 0) is 37.9 Å². The molecule has 23 heavy (non-hydrogen) atoms. The third-order valence-electron chi connectivity index (χ3n) is 2.35. The topological polar surface area (TPSA) is 64.6 Å². The fourth-order valence-electron chi connectivity index (χ4n) is 1.69. The van der Waals surface area contributed by atoms with Gasteiger partial charge in [-0.3, -0.25) is 0 Å². The van der Waals surface area contributed by atoms with E-state index in [1.807, 2.05) is 48.5 Å². The van der Waals surface area contributed by atoms with E-state index in [4.69, 9.17) is 9.05 Å². The molecule has 1 N–H and O–H groups in total. The van der Waals surface area contributed by atoms with Crippen LogP contribution < -0.4 is 4.49 Å². The fourth-order valence-corrected chi connectivity index (χ4v) is 13.6. The van der Waals surface area contributed by atoms with Crippen LogP contribution in [0, 0.1) is 6.92 Å². The predicted molar refractivity (Wildman–Crippen MR) is 90.1 cm³/mol. The average molecular weight is 531 g/mol. The molecular formula is C15H26NO4PSW. The first-order valence-corrected chi connectivity index (χ1v) is 14.2. The number of benzene rings is 1. The Hall–Kier alpha value is 0.168. The van der Waals surface area contributed by atoms with Gasteiger partial charge in [0, 0.05) is 0 Å². The zero-order valence-electron chi connectivity index (χ0n) is 14.7. The number of aryl methyl sites for hydroxylation is 1. The van der Waals surface area contributed by atoms with Gasteiger partial charge in [0.25, 0.3) is 0 Å². The summed E-state index contributed by atoms with van der Waals surface area (Å²) in [6, 6.07) is 6.72. The normalized spacial score (nSPS) is 14.0. The van der Waals surface area contributed by atoms with Gasteiger partial charge in [0.2, 0.25) is 0 Å². The van der Waals surface area contributed by atoms with E-state index in [0.717, 1.165) is 24.4 Å². The summed E-state index contributed by atoms with van der Waals surface area (Å²) in [7, 11) is -3.71. The second kappa shape index (κ2) is 7.19. The molecule has 0 unspecified atom stereocenters. The van der Waals surface area contributed by atoms with Gasteiger partial charge < -0.3 is 0 Å². The Labute approximate surface area is 150 Å². The third kappa shape index (κ3) is 7.72. The molecule has 0 saturated carbocycles. The Morgan fingerprint density at radius 3 is 1.70 bits per heavy atom. The standard InChI is InChI=1S/C15H26NO4PS.W/c1-12-8-10-13(11-9-12)22(17,18)16-21(19-14(2,3)4)20-15(5,6)7;/h8-11,16H,1-7H3;. The van der Waals surface area contributed by atoms with Crippen LogP contribution in [0.5, 0.6) is 0 Å². The summed E-state index contributed by atoms with van der Waals surface area (Å²) in [6.07, 6.45) is 0. The molecule has 8 heteroatoms. The molecule has 0 aliphatic heterocycles. The molecule has 0 aromatic heterocycles. The number of rotatable bonds is 5. The van der Waals surface area contributed by atoms with Crippen LogP contribution >= 0.6 is 5.50 Å². The Bertz CT molecular complexity index is 668. The fraction of sp³-hybridized carbons (Fsp3) is 0.600. The molecule has 0 amide bonds. The van der Waals surface area contributed by atoms with Crippen molar-refractivity contribution in [1.29, 1.82) is 0 Å². The molecule has 0 spiro atoms. The van der Waals surface area contributed by atoms with Crippen molar-refractivity contribution < 1.29 is 36.3 Å². The number of hydrogen-bond donors (Lipinski definition) is 1.